The van der Waals surface area contributed by atoms with Crippen LogP contribution in [-0.4, -0.2) is 189 Å². The molecule has 50 heavy (non-hydrogen) atoms. The monoisotopic (exact) mass is 712 g/mol. The average molecular weight is 713 g/mol. The second-order valence-corrected chi connectivity index (χ2v) is 13.0. The van der Waals surface area contributed by atoms with Gasteiger partial charge in [-0.05, 0) is 43.4 Å². The van der Waals surface area contributed by atoms with Gasteiger partial charge in [-0.15, -0.1) is 0 Å². The summed E-state index contributed by atoms with van der Waals surface area (Å²) in [4.78, 5) is 65.9. The lowest BCUT2D eigenvalue weighted by Crippen LogP contribution is -2.50. The number of fused-ring (bicyclic) bond motifs is 1. The summed E-state index contributed by atoms with van der Waals surface area (Å²) in [6.45, 7) is 4.25. The lowest BCUT2D eigenvalue weighted by molar-refractivity contribution is -0.140. The van der Waals surface area contributed by atoms with E-state index in [9.17, 15) is 39.3 Å². The fourth-order valence-corrected chi connectivity index (χ4v) is 6.52. The van der Waals surface area contributed by atoms with E-state index in [4.69, 9.17) is 14.2 Å². The molecule has 0 aromatic carbocycles. The number of rotatable bonds is 19. The topological polar surface area (TPSA) is 211 Å². The molecule has 284 valence electrons. The van der Waals surface area contributed by atoms with Crippen LogP contribution in [0.4, 0.5) is 4.79 Å². The third-order valence-corrected chi connectivity index (χ3v) is 9.25. The van der Waals surface area contributed by atoms with Crippen LogP contribution in [0.5, 0.6) is 0 Å². The molecule has 0 aromatic heterocycles. The summed E-state index contributed by atoms with van der Waals surface area (Å²) in [6, 6.07) is 0. The number of hydrogen-bond acceptors (Lipinski definition) is 12. The highest BCUT2D eigenvalue weighted by atomic mass is 16.6. The maximum atomic E-state index is 12.7. The van der Waals surface area contributed by atoms with Crippen molar-refractivity contribution in [3.05, 3.63) is 12.2 Å². The number of alkyl carbamates (subject to hydrolysis) is 1. The minimum Gasteiger partial charge on any atom is -0.480 e. The molecule has 1 heterocycles. The van der Waals surface area contributed by atoms with Gasteiger partial charge in [0.1, 0.15) is 0 Å². The maximum absolute atomic E-state index is 12.7. The van der Waals surface area contributed by atoms with Crippen molar-refractivity contribution in [2.24, 2.45) is 17.8 Å². The minimum atomic E-state index is -1.02. The number of hydrogen-bond donors (Lipinski definition) is 5. The van der Waals surface area contributed by atoms with Gasteiger partial charge in [0.05, 0.1) is 59.2 Å². The van der Waals surface area contributed by atoms with Crippen LogP contribution in [0.2, 0.25) is 0 Å². The van der Waals surface area contributed by atoms with E-state index in [-0.39, 0.29) is 45.2 Å². The Hall–Kier alpha value is -3.35. The van der Waals surface area contributed by atoms with Crippen molar-refractivity contribution >= 4 is 29.9 Å². The molecule has 3 aliphatic rings. The Labute approximate surface area is 293 Å². The lowest BCUT2D eigenvalue weighted by Gasteiger charge is -2.32. The number of nitrogens with one attached hydrogen (secondary N) is 2. The van der Waals surface area contributed by atoms with E-state index in [2.05, 4.69) is 22.8 Å². The Morgan fingerprint density at radius 1 is 0.580 bits per heavy atom. The van der Waals surface area contributed by atoms with Crippen LogP contribution in [0.3, 0.4) is 0 Å². The second-order valence-electron chi connectivity index (χ2n) is 13.0. The average Bonchev–Trinajstić information content (AvgIpc) is 3.69. The first kappa shape index (κ1) is 41.1. The zero-order valence-corrected chi connectivity index (χ0v) is 29.0. The molecule has 17 heteroatoms. The Bertz CT molecular complexity index is 1060. The highest BCUT2D eigenvalue weighted by Crippen LogP contribution is 2.52. The summed E-state index contributed by atoms with van der Waals surface area (Å²) in [5.74, 6) is -1.45. The third-order valence-electron chi connectivity index (χ3n) is 9.25. The van der Waals surface area contributed by atoms with Gasteiger partial charge in [0.25, 0.3) is 0 Å². The number of aliphatic carboxylic acids is 3. The lowest BCUT2D eigenvalue weighted by atomic mass is 10.1. The minimum absolute atomic E-state index is 0.0325. The molecule has 0 bridgehead atoms. The summed E-state index contributed by atoms with van der Waals surface area (Å²) >= 11 is 0. The summed E-state index contributed by atoms with van der Waals surface area (Å²) in [5.41, 5.74) is 0. The second kappa shape index (κ2) is 23.2. The van der Waals surface area contributed by atoms with Crippen LogP contribution >= 0.6 is 0 Å². The Morgan fingerprint density at radius 3 is 1.40 bits per heavy atom. The first-order valence-corrected chi connectivity index (χ1v) is 17.6. The standard InChI is InChI=1S/C33H56N6O11/c40-29(34-7-17-48-19-20-49-18-8-35-33(47)50-25-28-26-5-3-1-2-4-6-27(26)28)21-36-9-11-37(22-30(41)42)13-15-39(24-32(45)46)16-14-38(12-10-36)23-31(43)44/h1-2,26-28H,3-25H2,(H,34,40)(H,35,47)(H,41,42)(H,43,44)(H,45,46)/b2-1+/t26-,27+,28?. The van der Waals surface area contributed by atoms with E-state index in [1.807, 2.05) is 4.90 Å². The molecule has 2 fully saturated rings. The Morgan fingerprint density at radius 2 is 0.980 bits per heavy atom. The van der Waals surface area contributed by atoms with Crippen molar-refractivity contribution in [1.29, 1.82) is 0 Å². The van der Waals surface area contributed by atoms with E-state index < -0.39 is 24.0 Å². The molecule has 0 radical (unpaired) electrons. The Kier molecular flexibility index (Phi) is 19.0. The molecule has 5 N–H and O–H groups in total. The number of carbonyl (C=O) groups excluding carboxylic acids is 2. The normalized spacial score (nSPS) is 23.6. The van der Waals surface area contributed by atoms with E-state index in [1.165, 1.54) is 12.8 Å². The van der Waals surface area contributed by atoms with Gasteiger partial charge >= 0.3 is 24.0 Å². The summed E-state index contributed by atoms with van der Waals surface area (Å²) < 4.78 is 16.4. The highest BCUT2D eigenvalue weighted by Gasteiger charge is 2.49. The van der Waals surface area contributed by atoms with Crippen molar-refractivity contribution in [1.82, 2.24) is 30.2 Å². The predicted octanol–water partition coefficient (Wildman–Crippen LogP) is -0.670. The van der Waals surface area contributed by atoms with Crippen LogP contribution in [0.25, 0.3) is 0 Å². The van der Waals surface area contributed by atoms with Crippen LogP contribution in [0, 0.1) is 17.8 Å². The number of nitrogens with zero attached hydrogens (tertiary/aromatic N) is 4. The molecule has 1 saturated carbocycles. The quantitative estimate of drug-likeness (QED) is 0.0831. The van der Waals surface area contributed by atoms with E-state index in [0.717, 1.165) is 12.8 Å². The molecule has 2 amide bonds. The van der Waals surface area contributed by atoms with Crippen molar-refractivity contribution in [3.8, 4) is 0 Å². The molecule has 17 nitrogen and oxygen atoms in total. The number of carboxylic acids is 3. The van der Waals surface area contributed by atoms with Crippen molar-refractivity contribution in [3.63, 3.8) is 0 Å². The number of amides is 2. The molecule has 3 rings (SSSR count). The van der Waals surface area contributed by atoms with Gasteiger partial charge in [0, 0.05) is 65.4 Å². The van der Waals surface area contributed by atoms with E-state index in [1.54, 1.807) is 14.7 Å². The van der Waals surface area contributed by atoms with Crippen LogP contribution in [-0.2, 0) is 33.4 Å². The summed E-state index contributed by atoms with van der Waals surface area (Å²) in [6.07, 6.45) is 8.63. The van der Waals surface area contributed by atoms with Gasteiger partial charge in [-0.2, -0.15) is 0 Å². The fourth-order valence-electron chi connectivity index (χ4n) is 6.52. The van der Waals surface area contributed by atoms with Gasteiger partial charge in [-0.3, -0.25) is 38.8 Å². The van der Waals surface area contributed by atoms with Crippen molar-refractivity contribution < 1.29 is 53.5 Å². The molecule has 2 aliphatic carbocycles. The van der Waals surface area contributed by atoms with E-state index in [0.29, 0.717) is 103 Å². The highest BCUT2D eigenvalue weighted by molar-refractivity contribution is 5.78. The molecular formula is C33H56N6O11. The van der Waals surface area contributed by atoms with Crippen LogP contribution in [0.1, 0.15) is 25.7 Å². The van der Waals surface area contributed by atoms with Crippen LogP contribution in [0.15, 0.2) is 12.2 Å². The summed E-state index contributed by atoms with van der Waals surface area (Å²) in [7, 11) is 0. The van der Waals surface area contributed by atoms with Gasteiger partial charge < -0.3 is 40.2 Å². The van der Waals surface area contributed by atoms with Crippen molar-refractivity contribution in [2.45, 2.75) is 25.7 Å². The smallest absolute Gasteiger partial charge is 0.407 e. The van der Waals surface area contributed by atoms with E-state index >= 15 is 0 Å². The van der Waals surface area contributed by atoms with Gasteiger partial charge in [-0.1, -0.05) is 12.2 Å². The zero-order valence-electron chi connectivity index (χ0n) is 29.0. The first-order chi connectivity index (χ1) is 24.1. The zero-order chi connectivity index (χ0) is 36.1. The molecule has 1 unspecified atom stereocenters. The maximum Gasteiger partial charge on any atom is 0.407 e. The molecular weight excluding hydrogens is 656 g/mol. The molecule has 1 saturated heterocycles. The molecule has 0 aromatic rings. The van der Waals surface area contributed by atoms with Crippen molar-refractivity contribution in [2.75, 3.05) is 125 Å². The number of ether oxygens (including phenoxy) is 3. The van der Waals surface area contributed by atoms with Gasteiger partial charge in [0.2, 0.25) is 5.91 Å². The third kappa shape index (κ3) is 17.5. The fraction of sp³-hybridized carbons (Fsp3) is 0.788. The Balaban J connectivity index is 1.28. The number of allylic oxidation sites excluding steroid dienone is 2. The number of carbonyl (C=O) groups is 5. The predicted molar refractivity (Wildman–Crippen MR) is 181 cm³/mol. The van der Waals surface area contributed by atoms with Gasteiger partial charge in [-0.25, -0.2) is 4.79 Å². The first-order valence-electron chi connectivity index (χ1n) is 17.6. The SMILES string of the molecule is O=C(O)CN1CCN(CC(=O)O)CCN(CC(=O)NCCOCCOCCNC(=O)OCC2[C@H]3CC/C=C/CC[C@@H]23)CCN(CC(=O)O)CC1. The largest absolute Gasteiger partial charge is 0.480 e. The van der Waals surface area contributed by atoms with Gasteiger partial charge in [0.15, 0.2) is 0 Å². The molecule has 3 atom stereocenters. The molecule has 0 spiro atoms. The molecule has 1 aliphatic heterocycles. The number of carboxylic acid groups (broad SMARTS) is 3. The van der Waals surface area contributed by atoms with Crippen LogP contribution < -0.4 is 10.6 Å². The summed E-state index contributed by atoms with van der Waals surface area (Å²) in [5, 5.41) is 33.5.